The van der Waals surface area contributed by atoms with Crippen molar-refractivity contribution >= 4 is 17.0 Å². The lowest BCUT2D eigenvalue weighted by molar-refractivity contribution is 0.413. The summed E-state index contributed by atoms with van der Waals surface area (Å²) in [5.41, 5.74) is 4.21. The van der Waals surface area contributed by atoms with Gasteiger partial charge in [0.25, 0.3) is 0 Å². The van der Waals surface area contributed by atoms with Gasteiger partial charge in [-0.15, -0.1) is 11.3 Å². The molecule has 0 amide bonds. The first-order valence-corrected chi connectivity index (χ1v) is 7.08. The van der Waals surface area contributed by atoms with Crippen molar-refractivity contribution in [2.24, 2.45) is 0 Å². The summed E-state index contributed by atoms with van der Waals surface area (Å²) in [4.78, 5) is 11.3. The molecule has 0 saturated heterocycles. The van der Waals surface area contributed by atoms with E-state index >= 15 is 0 Å². The summed E-state index contributed by atoms with van der Waals surface area (Å²) in [6.45, 7) is 0.685. The molecule has 3 rings (SSSR count). The van der Waals surface area contributed by atoms with Crippen LogP contribution in [0, 0.1) is 0 Å². The van der Waals surface area contributed by atoms with Crippen LogP contribution in [0.3, 0.4) is 0 Å². The van der Waals surface area contributed by atoms with E-state index in [-0.39, 0.29) is 0 Å². The van der Waals surface area contributed by atoms with Crippen LogP contribution in [0.25, 0.3) is 11.1 Å². The number of nitrogens with zero attached hydrogens (tertiary/aromatic N) is 2. The van der Waals surface area contributed by atoms with Crippen LogP contribution in [0.1, 0.15) is 5.69 Å². The molecule has 0 bridgehead atoms. The zero-order valence-electron chi connectivity index (χ0n) is 11.0. The maximum atomic E-state index is 5.22. The van der Waals surface area contributed by atoms with Gasteiger partial charge in [0.05, 0.1) is 37.6 Å². The average Bonchev–Trinajstić information content (AvgIpc) is 3.16. The third-order valence-electron chi connectivity index (χ3n) is 2.94. The highest BCUT2D eigenvalue weighted by atomic mass is 32.1. The lowest BCUT2D eigenvalue weighted by Crippen LogP contribution is -1.99. The largest absolute Gasteiger partial charge is 0.495 e. The van der Waals surface area contributed by atoms with Crippen molar-refractivity contribution in [2.45, 2.75) is 6.54 Å². The summed E-state index contributed by atoms with van der Waals surface area (Å²) in [5.74, 6) is 0.756. The Morgan fingerprint density at radius 3 is 3.10 bits per heavy atom. The molecule has 0 spiro atoms. The summed E-state index contributed by atoms with van der Waals surface area (Å²) in [6.07, 6.45) is 7.10. The predicted molar refractivity (Wildman–Crippen MR) is 80.0 cm³/mol. The number of methoxy groups -OCH3 is 1. The number of rotatable bonds is 5. The predicted octanol–water partition coefficient (Wildman–Crippen LogP) is 3.15. The van der Waals surface area contributed by atoms with Gasteiger partial charge in [0, 0.05) is 34.3 Å². The Morgan fingerprint density at radius 1 is 1.35 bits per heavy atom. The number of thiophene rings is 1. The van der Waals surface area contributed by atoms with Gasteiger partial charge in [0.2, 0.25) is 0 Å². The molecule has 0 fully saturated rings. The van der Waals surface area contributed by atoms with E-state index in [9.17, 15) is 0 Å². The number of nitrogens with one attached hydrogen (secondary N) is 2. The first-order valence-electron chi connectivity index (χ1n) is 6.14. The topological polar surface area (TPSA) is 62.8 Å². The van der Waals surface area contributed by atoms with Gasteiger partial charge in [-0.05, 0) is 6.07 Å². The molecule has 3 heterocycles. The summed E-state index contributed by atoms with van der Waals surface area (Å²) in [5, 5.41) is 7.58. The minimum atomic E-state index is 0.685. The average molecular weight is 286 g/mol. The highest BCUT2D eigenvalue weighted by Crippen LogP contribution is 2.33. The standard InChI is InChI=1S/C14H14N4OS/c1-19-12-2-10(3-15-6-12)13-7-20-8-14(13)17-5-11-4-16-9-18-11/h2-4,6-9,17H,5H2,1H3,(H,16,18). The number of hydrogen-bond acceptors (Lipinski definition) is 5. The molecule has 0 aromatic carbocycles. The van der Waals surface area contributed by atoms with Crippen molar-refractivity contribution < 1.29 is 4.74 Å². The van der Waals surface area contributed by atoms with Gasteiger partial charge in [0.1, 0.15) is 5.75 Å². The molecule has 2 N–H and O–H groups in total. The van der Waals surface area contributed by atoms with Gasteiger partial charge in [-0.25, -0.2) is 4.98 Å². The molecule has 3 aromatic rings. The molecule has 0 radical (unpaired) electrons. The Bertz CT molecular complexity index is 678. The van der Waals surface area contributed by atoms with E-state index in [1.807, 2.05) is 18.5 Å². The van der Waals surface area contributed by atoms with E-state index in [4.69, 9.17) is 4.74 Å². The van der Waals surface area contributed by atoms with Crippen LogP contribution in [-0.4, -0.2) is 22.1 Å². The van der Waals surface area contributed by atoms with E-state index in [0.29, 0.717) is 6.54 Å². The maximum Gasteiger partial charge on any atom is 0.137 e. The Balaban J connectivity index is 1.82. The number of hydrogen-bond donors (Lipinski definition) is 2. The summed E-state index contributed by atoms with van der Waals surface area (Å²) in [6, 6.07) is 1.98. The number of anilines is 1. The van der Waals surface area contributed by atoms with Crippen LogP contribution in [0.4, 0.5) is 5.69 Å². The molecule has 0 unspecified atom stereocenters. The zero-order valence-corrected chi connectivity index (χ0v) is 11.8. The third kappa shape index (κ3) is 2.65. The molecule has 0 aliphatic heterocycles. The first kappa shape index (κ1) is 12.7. The van der Waals surface area contributed by atoms with Crippen LogP contribution in [0.5, 0.6) is 5.75 Å². The molecule has 102 valence electrons. The lowest BCUT2D eigenvalue weighted by Gasteiger charge is -2.07. The minimum Gasteiger partial charge on any atom is -0.495 e. The van der Waals surface area contributed by atoms with Gasteiger partial charge < -0.3 is 15.0 Å². The van der Waals surface area contributed by atoms with E-state index < -0.39 is 0 Å². The Kier molecular flexibility index (Phi) is 3.64. The first-order chi connectivity index (χ1) is 9.86. The molecule has 3 aromatic heterocycles. The van der Waals surface area contributed by atoms with Gasteiger partial charge in [0.15, 0.2) is 0 Å². The van der Waals surface area contributed by atoms with Crippen LogP contribution >= 0.6 is 11.3 Å². The normalized spacial score (nSPS) is 10.4. The van der Waals surface area contributed by atoms with Crippen LogP contribution in [0.15, 0.2) is 41.7 Å². The Hall–Kier alpha value is -2.34. The number of aromatic amines is 1. The molecule has 0 atom stereocenters. The van der Waals surface area contributed by atoms with Gasteiger partial charge >= 0.3 is 0 Å². The van der Waals surface area contributed by atoms with Gasteiger partial charge in [-0.1, -0.05) is 0 Å². The van der Waals surface area contributed by atoms with E-state index in [2.05, 4.69) is 31.0 Å². The molecule has 0 aliphatic carbocycles. The SMILES string of the molecule is COc1cncc(-c2cscc2NCc2c[nH]cn2)c1. The summed E-state index contributed by atoms with van der Waals surface area (Å²) < 4.78 is 5.22. The van der Waals surface area contributed by atoms with Crippen molar-refractivity contribution in [1.29, 1.82) is 0 Å². The fourth-order valence-corrected chi connectivity index (χ4v) is 2.72. The second-order valence-corrected chi connectivity index (χ2v) is 4.97. The van der Waals surface area contributed by atoms with Crippen molar-refractivity contribution in [3.8, 4) is 16.9 Å². The maximum absolute atomic E-state index is 5.22. The Labute approximate surface area is 120 Å². The van der Waals surface area contributed by atoms with Crippen LogP contribution in [-0.2, 0) is 6.54 Å². The number of aromatic nitrogens is 3. The highest BCUT2D eigenvalue weighted by molar-refractivity contribution is 7.08. The number of imidazole rings is 1. The fraction of sp³-hybridized carbons (Fsp3) is 0.143. The summed E-state index contributed by atoms with van der Waals surface area (Å²) >= 11 is 1.65. The molecular weight excluding hydrogens is 272 g/mol. The second-order valence-electron chi connectivity index (χ2n) is 4.23. The van der Waals surface area contributed by atoms with Crippen molar-refractivity contribution in [1.82, 2.24) is 15.0 Å². The molecule has 6 heteroatoms. The monoisotopic (exact) mass is 286 g/mol. The van der Waals surface area contributed by atoms with Gasteiger partial charge in [-0.3, -0.25) is 4.98 Å². The molecule has 5 nitrogen and oxygen atoms in total. The number of pyridine rings is 1. The van der Waals surface area contributed by atoms with E-state index in [1.165, 1.54) is 0 Å². The van der Waals surface area contributed by atoms with Crippen molar-refractivity contribution in [2.75, 3.05) is 12.4 Å². The lowest BCUT2D eigenvalue weighted by atomic mass is 10.1. The van der Waals surface area contributed by atoms with Crippen molar-refractivity contribution in [3.63, 3.8) is 0 Å². The smallest absolute Gasteiger partial charge is 0.137 e. The third-order valence-corrected chi connectivity index (χ3v) is 3.68. The Morgan fingerprint density at radius 2 is 2.30 bits per heavy atom. The molecule has 0 aliphatic rings. The second kappa shape index (κ2) is 5.75. The number of ether oxygens (including phenoxy) is 1. The fourth-order valence-electron chi connectivity index (χ4n) is 1.91. The van der Waals surface area contributed by atoms with Crippen LogP contribution < -0.4 is 10.1 Å². The van der Waals surface area contributed by atoms with Crippen LogP contribution in [0.2, 0.25) is 0 Å². The molecule has 0 saturated carbocycles. The zero-order chi connectivity index (χ0) is 13.8. The van der Waals surface area contributed by atoms with E-state index in [0.717, 1.165) is 28.3 Å². The van der Waals surface area contributed by atoms with E-state index in [1.54, 1.807) is 31.0 Å². The van der Waals surface area contributed by atoms with Crippen molar-refractivity contribution in [3.05, 3.63) is 47.4 Å². The molecular formula is C14H14N4OS. The molecule has 20 heavy (non-hydrogen) atoms. The highest BCUT2D eigenvalue weighted by Gasteiger charge is 2.08. The number of H-pyrrole nitrogens is 1. The minimum absolute atomic E-state index is 0.685. The summed E-state index contributed by atoms with van der Waals surface area (Å²) in [7, 11) is 1.64. The quantitative estimate of drug-likeness (QED) is 0.756. The van der Waals surface area contributed by atoms with Gasteiger partial charge in [-0.2, -0.15) is 0 Å².